The van der Waals surface area contributed by atoms with E-state index in [2.05, 4.69) is 4.89 Å². The summed E-state index contributed by atoms with van der Waals surface area (Å²) in [5.41, 5.74) is 0.437. The molecule has 0 amide bonds. The third-order valence-corrected chi connectivity index (χ3v) is 1.69. The summed E-state index contributed by atoms with van der Waals surface area (Å²) in [5, 5.41) is 8.24. The molecule has 15 heavy (non-hydrogen) atoms. The number of rotatable bonds is 3. The highest BCUT2D eigenvalue weighted by Gasteiger charge is 2.25. The number of carbonyl (C=O) groups excluding carboxylic acids is 2. The van der Waals surface area contributed by atoms with E-state index in [4.69, 9.17) is 9.99 Å². The van der Waals surface area contributed by atoms with Gasteiger partial charge in [0.05, 0.1) is 0 Å². The molecule has 1 unspecified atom stereocenters. The van der Waals surface area contributed by atoms with Crippen LogP contribution < -0.4 is 0 Å². The van der Waals surface area contributed by atoms with Crippen LogP contribution in [0.2, 0.25) is 0 Å². The van der Waals surface area contributed by atoms with Crippen LogP contribution in [0.5, 0.6) is 0 Å². The van der Waals surface area contributed by atoms with Crippen LogP contribution in [0.15, 0.2) is 30.3 Å². The summed E-state index contributed by atoms with van der Waals surface area (Å²) in [7, 11) is 0. The average molecular weight is 210 g/mol. The zero-order valence-corrected chi connectivity index (χ0v) is 8.04. The summed E-state index contributed by atoms with van der Waals surface area (Å²) in [6, 6.07) is 8.28. The Labute approximate surface area is 86.2 Å². The lowest BCUT2D eigenvalue weighted by Gasteiger charge is -2.13. The van der Waals surface area contributed by atoms with Crippen molar-refractivity contribution in [3.63, 3.8) is 0 Å². The number of carbonyl (C=O) groups is 2. The van der Waals surface area contributed by atoms with Gasteiger partial charge in [-0.2, -0.15) is 5.26 Å². The van der Waals surface area contributed by atoms with Gasteiger partial charge in [-0.15, -0.1) is 0 Å². The lowest BCUT2D eigenvalue weighted by molar-refractivity contribution is -0.244. The molecule has 0 heterocycles. The van der Waals surface area contributed by atoms with E-state index in [-0.39, 0.29) is 0 Å². The average Bonchev–Trinajstić information content (AvgIpc) is 2.26. The lowest BCUT2D eigenvalue weighted by atomic mass is 10.1. The molecule has 0 radical (unpaired) electrons. The van der Waals surface area contributed by atoms with Crippen molar-refractivity contribution in [3.05, 3.63) is 35.9 Å². The first-order valence-corrected chi connectivity index (χ1v) is 4.22. The second-order valence-corrected chi connectivity index (χ2v) is 2.81. The molecule has 1 N–H and O–H groups in total. The maximum Gasteiger partial charge on any atom is 0.386 e. The van der Waals surface area contributed by atoms with E-state index < -0.39 is 18.0 Å². The second kappa shape index (κ2) is 5.11. The Morgan fingerprint density at radius 2 is 1.87 bits per heavy atom. The Morgan fingerprint density at radius 3 is 2.33 bits per heavy atom. The van der Waals surface area contributed by atoms with E-state index >= 15 is 0 Å². The van der Waals surface area contributed by atoms with Gasteiger partial charge in [0.2, 0.25) is 6.10 Å². The Morgan fingerprint density at radius 1 is 1.27 bits per heavy atom. The van der Waals surface area contributed by atoms with E-state index in [0.29, 0.717) is 5.56 Å². The fourth-order valence-electron chi connectivity index (χ4n) is 1.09. The summed E-state index contributed by atoms with van der Waals surface area (Å²) < 4.78 is 4.72. The van der Waals surface area contributed by atoms with Gasteiger partial charge < -0.3 is 4.74 Å². The molecule has 1 aromatic rings. The molecular weight excluding hydrogens is 200 g/mol. The van der Waals surface area contributed by atoms with E-state index in [1.807, 2.05) is 0 Å². The highest BCUT2D eigenvalue weighted by Crippen LogP contribution is 2.18. The van der Waals surface area contributed by atoms with Gasteiger partial charge in [-0.05, 0) is 0 Å². The molecular formula is C10H10O5. The molecule has 0 aliphatic heterocycles. The lowest BCUT2D eigenvalue weighted by Crippen LogP contribution is -2.19. The molecule has 0 saturated carbocycles. The Kier molecular flexibility index (Phi) is 3.82. The van der Waals surface area contributed by atoms with Crippen LogP contribution in [-0.4, -0.2) is 17.2 Å². The van der Waals surface area contributed by atoms with Crippen LogP contribution in [0.25, 0.3) is 0 Å². The summed E-state index contributed by atoms with van der Waals surface area (Å²) in [4.78, 5) is 25.4. The quantitative estimate of drug-likeness (QED) is 0.462. The number of esters is 1. The van der Waals surface area contributed by atoms with E-state index in [1.165, 1.54) is 6.92 Å². The molecule has 0 aliphatic rings. The molecule has 5 nitrogen and oxygen atoms in total. The molecule has 1 aromatic carbocycles. The topological polar surface area (TPSA) is 72.8 Å². The number of hydrogen-bond donors (Lipinski definition) is 1. The molecule has 0 saturated heterocycles. The van der Waals surface area contributed by atoms with Gasteiger partial charge in [-0.3, -0.25) is 9.68 Å². The molecule has 1 rings (SSSR count). The summed E-state index contributed by atoms with van der Waals surface area (Å²) in [6.07, 6.45) is -1.23. The van der Waals surface area contributed by atoms with Crippen molar-refractivity contribution in [2.75, 3.05) is 0 Å². The highest BCUT2D eigenvalue weighted by molar-refractivity contribution is 5.79. The predicted molar refractivity (Wildman–Crippen MR) is 49.7 cm³/mol. The van der Waals surface area contributed by atoms with Crippen LogP contribution in [0.4, 0.5) is 0 Å². The van der Waals surface area contributed by atoms with Crippen LogP contribution in [0.1, 0.15) is 18.6 Å². The third kappa shape index (κ3) is 3.07. The summed E-state index contributed by atoms with van der Waals surface area (Å²) in [5.74, 6) is -1.66. The molecule has 0 spiro atoms. The maximum absolute atomic E-state index is 11.1. The predicted octanol–water partition coefficient (Wildman–Crippen LogP) is 1.31. The van der Waals surface area contributed by atoms with Crippen molar-refractivity contribution in [3.8, 4) is 0 Å². The molecule has 0 aliphatic carbocycles. The van der Waals surface area contributed by atoms with Gasteiger partial charge in [0.15, 0.2) is 0 Å². The van der Waals surface area contributed by atoms with Gasteiger partial charge in [-0.1, -0.05) is 30.3 Å². The molecule has 0 aromatic heterocycles. The second-order valence-electron chi connectivity index (χ2n) is 2.81. The Balaban J connectivity index is 2.91. The maximum atomic E-state index is 11.1. The van der Waals surface area contributed by atoms with Gasteiger partial charge in [0, 0.05) is 12.5 Å². The van der Waals surface area contributed by atoms with Gasteiger partial charge in [0.1, 0.15) is 0 Å². The largest absolute Gasteiger partial charge is 0.445 e. The van der Waals surface area contributed by atoms with Gasteiger partial charge >= 0.3 is 11.9 Å². The van der Waals surface area contributed by atoms with Crippen molar-refractivity contribution in [1.29, 1.82) is 0 Å². The number of ether oxygens (including phenoxy) is 1. The fourth-order valence-corrected chi connectivity index (χ4v) is 1.09. The zero-order valence-electron chi connectivity index (χ0n) is 8.04. The van der Waals surface area contributed by atoms with Crippen molar-refractivity contribution in [2.45, 2.75) is 13.0 Å². The SMILES string of the molecule is CC(=O)OC(C(=O)OO)c1ccccc1. The van der Waals surface area contributed by atoms with Gasteiger partial charge in [0.25, 0.3) is 0 Å². The molecule has 80 valence electrons. The van der Waals surface area contributed by atoms with Crippen LogP contribution >= 0.6 is 0 Å². The van der Waals surface area contributed by atoms with Crippen molar-refractivity contribution in [1.82, 2.24) is 0 Å². The summed E-state index contributed by atoms with van der Waals surface area (Å²) >= 11 is 0. The number of hydrogen-bond acceptors (Lipinski definition) is 5. The normalized spacial score (nSPS) is 11.6. The third-order valence-electron chi connectivity index (χ3n) is 1.69. The van der Waals surface area contributed by atoms with E-state index in [0.717, 1.165) is 0 Å². The Hall–Kier alpha value is -1.88. The molecule has 0 bridgehead atoms. The minimum atomic E-state index is -1.23. The van der Waals surface area contributed by atoms with Crippen LogP contribution in [0.3, 0.4) is 0 Å². The van der Waals surface area contributed by atoms with Crippen molar-refractivity contribution >= 4 is 11.9 Å². The Bertz CT molecular complexity index is 346. The van der Waals surface area contributed by atoms with Crippen molar-refractivity contribution < 1.29 is 24.5 Å². The first-order valence-electron chi connectivity index (χ1n) is 4.22. The first-order chi connectivity index (χ1) is 7.15. The van der Waals surface area contributed by atoms with Crippen molar-refractivity contribution in [2.24, 2.45) is 0 Å². The molecule has 5 heteroatoms. The van der Waals surface area contributed by atoms with Crippen LogP contribution in [0, 0.1) is 0 Å². The van der Waals surface area contributed by atoms with Crippen LogP contribution in [-0.2, 0) is 19.2 Å². The molecule has 0 fully saturated rings. The summed E-state index contributed by atoms with van der Waals surface area (Å²) in [6.45, 7) is 1.17. The molecule has 1 atom stereocenters. The number of benzene rings is 1. The zero-order chi connectivity index (χ0) is 11.3. The minimum absolute atomic E-state index is 0.437. The fraction of sp³-hybridized carbons (Fsp3) is 0.200. The smallest absolute Gasteiger partial charge is 0.386 e. The highest BCUT2D eigenvalue weighted by atomic mass is 17.1. The van der Waals surface area contributed by atoms with E-state index in [1.54, 1.807) is 30.3 Å². The minimum Gasteiger partial charge on any atom is -0.445 e. The monoisotopic (exact) mass is 210 g/mol. The first kappa shape index (κ1) is 11.2. The van der Waals surface area contributed by atoms with E-state index in [9.17, 15) is 9.59 Å². The standard InChI is InChI=1S/C10H10O5/c1-7(11)14-9(10(12)15-13)8-5-3-2-4-6-8/h2-6,9,13H,1H3. The van der Waals surface area contributed by atoms with Gasteiger partial charge in [-0.25, -0.2) is 4.79 Å².